The third-order valence-electron chi connectivity index (χ3n) is 2.12. The molecule has 0 saturated carbocycles. The summed E-state index contributed by atoms with van der Waals surface area (Å²) in [6.45, 7) is 2.01. The third-order valence-corrected chi connectivity index (χ3v) is 2.35. The van der Waals surface area contributed by atoms with Crippen LogP contribution in [-0.2, 0) is 16.1 Å². The molecule has 0 radical (unpaired) electrons. The standard InChI is InChI=1S/C12H17NO2S/c1-14-6-3-7-15-9-10-4-2-5-11(8-10)12(13)16/h2,4-5,8H,3,6-7,9H2,1H3,(H2,13,16). The molecule has 0 aliphatic carbocycles. The highest BCUT2D eigenvalue weighted by molar-refractivity contribution is 7.80. The molecule has 0 bridgehead atoms. The Morgan fingerprint density at radius 2 is 2.19 bits per heavy atom. The van der Waals surface area contributed by atoms with E-state index in [0.717, 1.165) is 24.2 Å². The molecular weight excluding hydrogens is 222 g/mol. The Morgan fingerprint density at radius 3 is 2.88 bits per heavy atom. The van der Waals surface area contributed by atoms with Crippen LogP contribution in [0.5, 0.6) is 0 Å². The molecule has 0 fully saturated rings. The molecule has 1 aromatic carbocycles. The second-order valence-electron chi connectivity index (χ2n) is 3.46. The van der Waals surface area contributed by atoms with E-state index in [1.54, 1.807) is 7.11 Å². The Morgan fingerprint density at radius 1 is 1.38 bits per heavy atom. The summed E-state index contributed by atoms with van der Waals surface area (Å²) >= 11 is 4.91. The molecule has 0 amide bonds. The van der Waals surface area contributed by atoms with Gasteiger partial charge in [0.05, 0.1) is 6.61 Å². The van der Waals surface area contributed by atoms with Gasteiger partial charge in [0.1, 0.15) is 4.99 Å². The number of thiocarbonyl (C=S) groups is 1. The van der Waals surface area contributed by atoms with Crippen LogP contribution in [0.1, 0.15) is 17.5 Å². The van der Waals surface area contributed by atoms with Gasteiger partial charge in [0, 0.05) is 25.9 Å². The SMILES string of the molecule is COCCCOCc1cccc(C(N)=S)c1. The second-order valence-corrected chi connectivity index (χ2v) is 3.90. The summed E-state index contributed by atoms with van der Waals surface area (Å²) in [7, 11) is 1.69. The molecule has 4 heteroatoms. The predicted octanol–water partition coefficient (Wildman–Crippen LogP) is 1.87. The molecule has 0 aliphatic heterocycles. The van der Waals surface area contributed by atoms with Gasteiger partial charge in [-0.2, -0.15) is 0 Å². The van der Waals surface area contributed by atoms with Gasteiger partial charge in [-0.15, -0.1) is 0 Å². The fourth-order valence-electron chi connectivity index (χ4n) is 1.31. The molecule has 0 heterocycles. The number of hydrogen-bond donors (Lipinski definition) is 1. The van der Waals surface area contributed by atoms with Gasteiger partial charge in [0.15, 0.2) is 0 Å². The number of benzene rings is 1. The molecule has 16 heavy (non-hydrogen) atoms. The largest absolute Gasteiger partial charge is 0.389 e. The Kier molecular flexibility index (Phi) is 6.00. The van der Waals surface area contributed by atoms with Gasteiger partial charge >= 0.3 is 0 Å². The minimum absolute atomic E-state index is 0.418. The maximum absolute atomic E-state index is 5.55. The van der Waals surface area contributed by atoms with Crippen LogP contribution in [0.15, 0.2) is 24.3 Å². The number of hydrogen-bond acceptors (Lipinski definition) is 3. The molecule has 1 rings (SSSR count). The predicted molar refractivity (Wildman–Crippen MR) is 68.5 cm³/mol. The normalized spacial score (nSPS) is 10.3. The minimum atomic E-state index is 0.418. The molecule has 0 saturated heterocycles. The van der Waals surface area contributed by atoms with E-state index in [1.807, 2.05) is 24.3 Å². The molecule has 3 nitrogen and oxygen atoms in total. The van der Waals surface area contributed by atoms with E-state index < -0.39 is 0 Å². The van der Waals surface area contributed by atoms with Crippen molar-refractivity contribution in [2.24, 2.45) is 5.73 Å². The lowest BCUT2D eigenvalue weighted by atomic mass is 10.1. The molecule has 0 aliphatic rings. The van der Waals surface area contributed by atoms with E-state index >= 15 is 0 Å². The fraction of sp³-hybridized carbons (Fsp3) is 0.417. The van der Waals surface area contributed by atoms with Crippen LogP contribution < -0.4 is 5.73 Å². The van der Waals surface area contributed by atoms with Crippen molar-refractivity contribution in [2.75, 3.05) is 20.3 Å². The van der Waals surface area contributed by atoms with Gasteiger partial charge < -0.3 is 15.2 Å². The highest BCUT2D eigenvalue weighted by atomic mass is 32.1. The molecule has 88 valence electrons. The molecule has 0 atom stereocenters. The second kappa shape index (κ2) is 7.33. The quantitative estimate of drug-likeness (QED) is 0.583. The number of ether oxygens (including phenoxy) is 2. The summed E-state index contributed by atoms with van der Waals surface area (Å²) in [4.78, 5) is 0.418. The molecule has 0 unspecified atom stereocenters. The number of rotatable bonds is 7. The summed E-state index contributed by atoms with van der Waals surface area (Å²) in [5.74, 6) is 0. The average molecular weight is 239 g/mol. The Hall–Kier alpha value is -0.970. The maximum Gasteiger partial charge on any atom is 0.103 e. The zero-order valence-corrected chi connectivity index (χ0v) is 10.3. The van der Waals surface area contributed by atoms with Gasteiger partial charge in [-0.05, 0) is 18.1 Å². The number of nitrogens with two attached hydrogens (primary N) is 1. The molecule has 1 aromatic rings. The number of methoxy groups -OCH3 is 1. The third kappa shape index (κ3) is 4.70. The van der Waals surface area contributed by atoms with Crippen molar-refractivity contribution in [1.29, 1.82) is 0 Å². The fourth-order valence-corrected chi connectivity index (χ4v) is 1.44. The zero-order chi connectivity index (χ0) is 11.8. The van der Waals surface area contributed by atoms with Crippen LogP contribution >= 0.6 is 12.2 Å². The molecule has 2 N–H and O–H groups in total. The van der Waals surface area contributed by atoms with Crippen molar-refractivity contribution >= 4 is 17.2 Å². The van der Waals surface area contributed by atoms with E-state index in [4.69, 9.17) is 27.4 Å². The lowest BCUT2D eigenvalue weighted by Crippen LogP contribution is -2.09. The molecule has 0 spiro atoms. The Bertz CT molecular complexity index is 342. The van der Waals surface area contributed by atoms with Crippen molar-refractivity contribution in [3.05, 3.63) is 35.4 Å². The summed E-state index contributed by atoms with van der Waals surface area (Å²) in [5.41, 5.74) is 7.52. The van der Waals surface area contributed by atoms with Gasteiger partial charge in [0.2, 0.25) is 0 Å². The summed E-state index contributed by atoms with van der Waals surface area (Å²) in [6.07, 6.45) is 0.908. The van der Waals surface area contributed by atoms with Gasteiger partial charge in [-0.1, -0.05) is 30.4 Å². The van der Waals surface area contributed by atoms with Gasteiger partial charge in [-0.3, -0.25) is 0 Å². The van der Waals surface area contributed by atoms with E-state index in [0.29, 0.717) is 18.2 Å². The lowest BCUT2D eigenvalue weighted by molar-refractivity contribution is 0.0928. The highest BCUT2D eigenvalue weighted by Crippen LogP contribution is 2.06. The first kappa shape index (κ1) is 13.1. The first-order valence-electron chi connectivity index (χ1n) is 5.19. The van der Waals surface area contributed by atoms with Crippen molar-refractivity contribution in [1.82, 2.24) is 0 Å². The maximum atomic E-state index is 5.55. The van der Waals surface area contributed by atoms with Crippen LogP contribution in [0.4, 0.5) is 0 Å². The van der Waals surface area contributed by atoms with Crippen molar-refractivity contribution < 1.29 is 9.47 Å². The van der Waals surface area contributed by atoms with Crippen molar-refractivity contribution in [2.45, 2.75) is 13.0 Å². The molecular formula is C12H17NO2S. The topological polar surface area (TPSA) is 44.5 Å². The molecule has 0 aromatic heterocycles. The first-order valence-corrected chi connectivity index (χ1v) is 5.60. The van der Waals surface area contributed by atoms with Crippen LogP contribution in [0.3, 0.4) is 0 Å². The Balaban J connectivity index is 2.36. The zero-order valence-electron chi connectivity index (χ0n) is 9.44. The van der Waals surface area contributed by atoms with Gasteiger partial charge in [0.25, 0.3) is 0 Å². The Labute approximate surface area is 102 Å². The van der Waals surface area contributed by atoms with Crippen LogP contribution in [0.25, 0.3) is 0 Å². The highest BCUT2D eigenvalue weighted by Gasteiger charge is 1.98. The minimum Gasteiger partial charge on any atom is -0.389 e. The summed E-state index contributed by atoms with van der Waals surface area (Å²) < 4.78 is 10.4. The van der Waals surface area contributed by atoms with E-state index in [9.17, 15) is 0 Å². The average Bonchev–Trinajstić information content (AvgIpc) is 2.29. The van der Waals surface area contributed by atoms with E-state index in [2.05, 4.69) is 0 Å². The van der Waals surface area contributed by atoms with E-state index in [-0.39, 0.29) is 0 Å². The summed E-state index contributed by atoms with van der Waals surface area (Å²) in [6, 6.07) is 7.79. The van der Waals surface area contributed by atoms with E-state index in [1.165, 1.54) is 0 Å². The van der Waals surface area contributed by atoms with Crippen molar-refractivity contribution in [3.63, 3.8) is 0 Å². The van der Waals surface area contributed by atoms with Crippen LogP contribution in [-0.4, -0.2) is 25.3 Å². The van der Waals surface area contributed by atoms with Crippen molar-refractivity contribution in [3.8, 4) is 0 Å². The van der Waals surface area contributed by atoms with Crippen LogP contribution in [0, 0.1) is 0 Å². The first-order chi connectivity index (χ1) is 7.74. The summed E-state index contributed by atoms with van der Waals surface area (Å²) in [5, 5.41) is 0. The smallest absolute Gasteiger partial charge is 0.103 e. The van der Waals surface area contributed by atoms with Crippen LogP contribution in [0.2, 0.25) is 0 Å². The van der Waals surface area contributed by atoms with Gasteiger partial charge in [-0.25, -0.2) is 0 Å². The lowest BCUT2D eigenvalue weighted by Gasteiger charge is -2.05. The monoisotopic (exact) mass is 239 g/mol.